The molecule has 0 bridgehead atoms. The smallest absolute Gasteiger partial charge is 0.244 e. The number of sulfonamides is 1. The van der Waals surface area contributed by atoms with Gasteiger partial charge in [0.2, 0.25) is 21.8 Å². The minimum absolute atomic E-state index is 0.157. The molecule has 0 fully saturated rings. The lowest BCUT2D eigenvalue weighted by Gasteiger charge is -2.33. The van der Waals surface area contributed by atoms with Gasteiger partial charge in [-0.3, -0.25) is 13.9 Å². The normalized spacial score (nSPS) is 12.2. The van der Waals surface area contributed by atoms with E-state index in [4.69, 9.17) is 23.2 Å². The van der Waals surface area contributed by atoms with Crippen molar-refractivity contribution in [2.75, 3.05) is 23.7 Å². The average molecular weight is 514 g/mol. The molecule has 180 valence electrons. The number of hydrogen-bond acceptors (Lipinski definition) is 4. The fourth-order valence-corrected chi connectivity index (χ4v) is 4.86. The zero-order valence-corrected chi connectivity index (χ0v) is 21.5. The summed E-state index contributed by atoms with van der Waals surface area (Å²) in [5.41, 5.74) is 2.02. The van der Waals surface area contributed by atoms with Crippen molar-refractivity contribution in [3.05, 3.63) is 63.6 Å². The predicted molar refractivity (Wildman–Crippen MR) is 133 cm³/mol. The van der Waals surface area contributed by atoms with Crippen molar-refractivity contribution in [2.45, 2.75) is 39.8 Å². The molecule has 0 saturated carbocycles. The fourth-order valence-electron chi connectivity index (χ4n) is 3.52. The van der Waals surface area contributed by atoms with E-state index in [2.05, 4.69) is 5.32 Å². The molecule has 0 heterocycles. The van der Waals surface area contributed by atoms with E-state index in [0.29, 0.717) is 13.0 Å². The highest BCUT2D eigenvalue weighted by molar-refractivity contribution is 7.92. The van der Waals surface area contributed by atoms with Crippen molar-refractivity contribution in [3.8, 4) is 0 Å². The van der Waals surface area contributed by atoms with Crippen LogP contribution in [0.3, 0.4) is 0 Å². The Hall–Kier alpha value is -2.29. The van der Waals surface area contributed by atoms with Crippen LogP contribution in [-0.2, 0) is 26.2 Å². The Labute approximate surface area is 205 Å². The van der Waals surface area contributed by atoms with Gasteiger partial charge in [-0.1, -0.05) is 60.0 Å². The predicted octanol–water partition coefficient (Wildman–Crippen LogP) is 4.01. The van der Waals surface area contributed by atoms with Crippen LogP contribution in [0.15, 0.2) is 42.5 Å². The number of rotatable bonds is 10. The highest BCUT2D eigenvalue weighted by Gasteiger charge is 2.31. The molecule has 2 rings (SSSR count). The largest absolute Gasteiger partial charge is 0.355 e. The highest BCUT2D eigenvalue weighted by Crippen LogP contribution is 2.27. The monoisotopic (exact) mass is 513 g/mol. The van der Waals surface area contributed by atoms with Crippen LogP contribution in [-0.4, -0.2) is 50.5 Å². The van der Waals surface area contributed by atoms with Crippen LogP contribution in [0.4, 0.5) is 5.69 Å². The molecule has 0 aliphatic heterocycles. The SMILES string of the molecule is CCNC(=O)C(CC)N(Cc1cccc(C)c1)C(=O)CN(c1cc(Cl)cc(Cl)c1)S(C)(=O)=O. The Morgan fingerprint density at radius 1 is 1.06 bits per heavy atom. The number of halogens is 2. The van der Waals surface area contributed by atoms with E-state index >= 15 is 0 Å². The van der Waals surface area contributed by atoms with Gasteiger partial charge in [0.05, 0.1) is 11.9 Å². The second-order valence-corrected chi connectivity index (χ2v) is 10.5. The second kappa shape index (κ2) is 11.7. The molecule has 0 aliphatic carbocycles. The summed E-state index contributed by atoms with van der Waals surface area (Å²) in [5.74, 6) is -0.811. The fraction of sp³-hybridized carbons (Fsp3) is 0.391. The molecule has 1 unspecified atom stereocenters. The minimum atomic E-state index is -3.85. The number of nitrogens with zero attached hydrogens (tertiary/aromatic N) is 2. The summed E-state index contributed by atoms with van der Waals surface area (Å²) < 4.78 is 26.1. The van der Waals surface area contributed by atoms with E-state index in [-0.39, 0.29) is 28.2 Å². The lowest BCUT2D eigenvalue weighted by atomic mass is 10.1. The molecule has 1 atom stereocenters. The Morgan fingerprint density at radius 3 is 2.21 bits per heavy atom. The molecule has 0 radical (unpaired) electrons. The quantitative estimate of drug-likeness (QED) is 0.519. The summed E-state index contributed by atoms with van der Waals surface area (Å²) >= 11 is 12.1. The van der Waals surface area contributed by atoms with E-state index in [9.17, 15) is 18.0 Å². The van der Waals surface area contributed by atoms with E-state index in [1.54, 1.807) is 6.92 Å². The van der Waals surface area contributed by atoms with Gasteiger partial charge in [-0.2, -0.15) is 0 Å². The molecule has 0 saturated heterocycles. The summed E-state index contributed by atoms with van der Waals surface area (Å²) in [7, 11) is -3.85. The summed E-state index contributed by atoms with van der Waals surface area (Å²) in [6, 6.07) is 11.2. The number of anilines is 1. The van der Waals surface area contributed by atoms with Crippen molar-refractivity contribution in [3.63, 3.8) is 0 Å². The second-order valence-electron chi connectivity index (χ2n) is 7.73. The van der Waals surface area contributed by atoms with Gasteiger partial charge < -0.3 is 10.2 Å². The van der Waals surface area contributed by atoms with Crippen LogP contribution in [0.5, 0.6) is 0 Å². The number of hydrogen-bond donors (Lipinski definition) is 1. The highest BCUT2D eigenvalue weighted by atomic mass is 35.5. The van der Waals surface area contributed by atoms with Crippen LogP contribution in [0, 0.1) is 6.92 Å². The Bertz CT molecular complexity index is 1090. The first-order valence-corrected chi connectivity index (χ1v) is 13.1. The molecule has 0 aliphatic rings. The summed E-state index contributed by atoms with van der Waals surface area (Å²) in [4.78, 5) is 27.7. The molecule has 2 amide bonds. The minimum Gasteiger partial charge on any atom is -0.355 e. The summed E-state index contributed by atoms with van der Waals surface area (Å²) in [6.45, 7) is 5.61. The molecular formula is C23H29Cl2N3O4S. The number of carbonyl (C=O) groups is 2. The van der Waals surface area contributed by atoms with E-state index in [1.807, 2.05) is 38.1 Å². The maximum Gasteiger partial charge on any atom is 0.244 e. The number of carbonyl (C=O) groups excluding carboxylic acids is 2. The van der Waals surface area contributed by atoms with Gasteiger partial charge in [-0.15, -0.1) is 0 Å². The van der Waals surface area contributed by atoms with Crippen molar-refractivity contribution in [1.29, 1.82) is 0 Å². The topological polar surface area (TPSA) is 86.8 Å². The van der Waals surface area contributed by atoms with Gasteiger partial charge in [-0.25, -0.2) is 8.42 Å². The van der Waals surface area contributed by atoms with Crippen molar-refractivity contribution in [1.82, 2.24) is 10.2 Å². The molecule has 2 aromatic rings. The maximum absolute atomic E-state index is 13.5. The molecule has 33 heavy (non-hydrogen) atoms. The third kappa shape index (κ3) is 7.62. The van der Waals surface area contributed by atoms with Crippen LogP contribution in [0.25, 0.3) is 0 Å². The van der Waals surface area contributed by atoms with E-state index in [0.717, 1.165) is 21.7 Å². The van der Waals surface area contributed by atoms with Gasteiger partial charge >= 0.3 is 0 Å². The first-order valence-electron chi connectivity index (χ1n) is 10.5. The van der Waals surface area contributed by atoms with E-state index in [1.165, 1.54) is 23.1 Å². The average Bonchev–Trinajstić information content (AvgIpc) is 2.70. The van der Waals surface area contributed by atoms with Gasteiger partial charge in [0.15, 0.2) is 0 Å². The Kier molecular flexibility index (Phi) is 9.57. The third-order valence-electron chi connectivity index (χ3n) is 4.99. The van der Waals surface area contributed by atoms with Crippen LogP contribution in [0.2, 0.25) is 10.0 Å². The Balaban J connectivity index is 2.46. The van der Waals surface area contributed by atoms with Gasteiger partial charge in [-0.05, 0) is 44.0 Å². The zero-order valence-electron chi connectivity index (χ0n) is 19.1. The number of nitrogens with one attached hydrogen (secondary N) is 1. The zero-order chi connectivity index (χ0) is 24.8. The molecule has 7 nitrogen and oxygen atoms in total. The van der Waals surface area contributed by atoms with Crippen molar-refractivity contribution >= 4 is 50.7 Å². The Morgan fingerprint density at radius 2 is 1.70 bits per heavy atom. The molecule has 2 aromatic carbocycles. The van der Waals surface area contributed by atoms with E-state index < -0.39 is 28.5 Å². The summed E-state index contributed by atoms with van der Waals surface area (Å²) in [5, 5.41) is 3.24. The molecule has 10 heteroatoms. The van der Waals surface area contributed by atoms with Gasteiger partial charge in [0.1, 0.15) is 12.6 Å². The molecular weight excluding hydrogens is 485 g/mol. The lowest BCUT2D eigenvalue weighted by Crippen LogP contribution is -2.52. The maximum atomic E-state index is 13.5. The van der Waals surface area contributed by atoms with Crippen molar-refractivity contribution in [2.24, 2.45) is 0 Å². The van der Waals surface area contributed by atoms with Crippen LogP contribution < -0.4 is 9.62 Å². The number of amides is 2. The number of benzene rings is 2. The van der Waals surface area contributed by atoms with Gasteiger partial charge in [0, 0.05) is 23.1 Å². The molecule has 1 N–H and O–H groups in total. The number of likely N-dealkylation sites (N-methyl/N-ethyl adjacent to an activating group) is 1. The molecule has 0 spiro atoms. The van der Waals surface area contributed by atoms with Crippen molar-refractivity contribution < 1.29 is 18.0 Å². The third-order valence-corrected chi connectivity index (χ3v) is 6.56. The first-order chi connectivity index (χ1) is 15.5. The van der Waals surface area contributed by atoms with Crippen LogP contribution in [0.1, 0.15) is 31.4 Å². The number of aryl methyl sites for hydroxylation is 1. The lowest BCUT2D eigenvalue weighted by molar-refractivity contribution is -0.140. The van der Waals surface area contributed by atoms with Crippen LogP contribution >= 0.6 is 23.2 Å². The summed E-state index contributed by atoms with van der Waals surface area (Å²) in [6.07, 6.45) is 1.37. The molecule has 0 aromatic heterocycles. The standard InChI is InChI=1S/C23H29Cl2N3O4S/c1-5-21(23(30)26-6-2)27(14-17-9-7-8-16(3)10-17)22(29)15-28(33(4,31)32)20-12-18(24)11-19(25)13-20/h7-13,21H,5-6,14-15H2,1-4H3,(H,26,30). The van der Waals surface area contributed by atoms with Gasteiger partial charge in [0.25, 0.3) is 0 Å². The first kappa shape index (κ1) is 27.0.